The van der Waals surface area contributed by atoms with Crippen LogP contribution in [0, 0.1) is 0 Å². The van der Waals surface area contributed by atoms with E-state index in [1.54, 1.807) is 0 Å². The molecular formula is C5H9B. The quantitative estimate of drug-likeness (QED) is 0.344. The van der Waals surface area contributed by atoms with Crippen LogP contribution < -0.4 is 0 Å². The van der Waals surface area contributed by atoms with E-state index in [1.807, 2.05) is 13.8 Å². The molecule has 6 heavy (non-hydrogen) atoms. The summed E-state index contributed by atoms with van der Waals surface area (Å²) in [5, 5.41) is 0. The van der Waals surface area contributed by atoms with Gasteiger partial charge in [-0.1, -0.05) is 0 Å². The van der Waals surface area contributed by atoms with Crippen LogP contribution >= 0.6 is 0 Å². The molecule has 0 saturated carbocycles. The molecule has 0 saturated heterocycles. The molecule has 0 aliphatic carbocycles. The van der Waals surface area contributed by atoms with E-state index in [9.17, 15) is 0 Å². The Kier molecular flexibility index (Phi) is 2.73. The standard InChI is InChI=1S/C5H9B/c1-5(2)4-6-3/h1,3-4H2,2H3. The molecule has 32 valence electrons. The Morgan fingerprint density at radius 1 is 1.83 bits per heavy atom. The van der Waals surface area contributed by atoms with Gasteiger partial charge >= 0.3 is 38.8 Å². The van der Waals surface area contributed by atoms with Crippen molar-refractivity contribution in [3.8, 4) is 0 Å². The molecule has 0 amide bonds. The van der Waals surface area contributed by atoms with Crippen LogP contribution in [0.5, 0.6) is 0 Å². The second kappa shape index (κ2) is 2.89. The Morgan fingerprint density at radius 2 is 2.33 bits per heavy atom. The van der Waals surface area contributed by atoms with Crippen molar-refractivity contribution >= 4 is 13.4 Å². The zero-order valence-corrected chi connectivity index (χ0v) is 4.20. The van der Waals surface area contributed by atoms with Crippen molar-refractivity contribution in [3.63, 3.8) is 0 Å². The van der Waals surface area contributed by atoms with Crippen molar-refractivity contribution in [2.24, 2.45) is 0 Å². The Labute approximate surface area is 39.8 Å². The first kappa shape index (κ1) is 5.67. The Morgan fingerprint density at radius 3 is 2.33 bits per heavy atom. The fraction of sp³-hybridized carbons (Fsp3) is 0.400. The van der Waals surface area contributed by atoms with E-state index in [1.165, 1.54) is 5.57 Å². The van der Waals surface area contributed by atoms with Gasteiger partial charge in [-0.2, -0.15) is 0 Å². The van der Waals surface area contributed by atoms with Gasteiger partial charge in [0.1, 0.15) is 0 Å². The van der Waals surface area contributed by atoms with Crippen molar-refractivity contribution in [2.75, 3.05) is 0 Å². The molecule has 0 unspecified atom stereocenters. The van der Waals surface area contributed by atoms with Crippen LogP contribution in [0.15, 0.2) is 12.2 Å². The van der Waals surface area contributed by atoms with E-state index in [2.05, 4.69) is 13.0 Å². The zero-order valence-electron chi connectivity index (χ0n) is 4.20. The molecule has 0 aromatic heterocycles. The molecule has 1 heteroatoms. The van der Waals surface area contributed by atoms with Crippen LogP contribution in [-0.2, 0) is 0 Å². The van der Waals surface area contributed by atoms with Crippen molar-refractivity contribution in [1.82, 2.24) is 0 Å². The molecule has 0 aromatic carbocycles. The second-order valence-electron chi connectivity index (χ2n) is 1.45. The SMILES string of the molecule is C=BCC(=C)C. The summed E-state index contributed by atoms with van der Waals surface area (Å²) >= 11 is 0. The average Bonchev–Trinajstić information content (AvgIpc) is 1.35. The van der Waals surface area contributed by atoms with Gasteiger partial charge in [-0.25, -0.2) is 0 Å². The topological polar surface area (TPSA) is 0 Å². The predicted octanol–water partition coefficient (Wildman–Crippen LogP) is 1.12. The summed E-state index contributed by atoms with van der Waals surface area (Å²) in [6.45, 7) is 11.1. The van der Waals surface area contributed by atoms with Crippen LogP contribution in [0.4, 0.5) is 0 Å². The fourth-order valence-electron chi connectivity index (χ4n) is 0.246. The van der Waals surface area contributed by atoms with Gasteiger partial charge in [-0.3, -0.25) is 0 Å². The maximum atomic E-state index is 3.67. The Hall–Kier alpha value is -0.325. The third-order valence-corrected chi connectivity index (χ3v) is 0.493. The molecule has 0 radical (unpaired) electrons. The number of hydrogen-bond acceptors (Lipinski definition) is 0. The molecule has 0 rings (SSSR count). The van der Waals surface area contributed by atoms with Gasteiger partial charge in [-0.15, -0.1) is 0 Å². The Balaban J connectivity index is 3.05. The first-order valence-electron chi connectivity index (χ1n) is 2.02. The molecular weight excluding hydrogens is 70.9 g/mol. The van der Waals surface area contributed by atoms with Gasteiger partial charge in [0.15, 0.2) is 0 Å². The number of rotatable bonds is 2. The molecule has 0 aromatic rings. The van der Waals surface area contributed by atoms with Crippen LogP contribution in [0.3, 0.4) is 0 Å². The van der Waals surface area contributed by atoms with Crippen LogP contribution in [0.2, 0.25) is 6.32 Å². The summed E-state index contributed by atoms with van der Waals surface area (Å²) in [4.78, 5) is 0. The number of hydrogen-bond donors (Lipinski definition) is 0. The van der Waals surface area contributed by atoms with E-state index < -0.39 is 0 Å². The normalized spacial score (nSPS) is 6.83. The summed E-state index contributed by atoms with van der Waals surface area (Å²) in [6, 6.07) is 0. The maximum absolute atomic E-state index is 3.67. The summed E-state index contributed by atoms with van der Waals surface area (Å²) in [5.74, 6) is 0. The molecule has 0 spiro atoms. The summed E-state index contributed by atoms with van der Waals surface area (Å²) in [7, 11) is 0. The zero-order chi connectivity index (χ0) is 4.99. The first-order valence-corrected chi connectivity index (χ1v) is 2.02. The summed E-state index contributed by atoms with van der Waals surface area (Å²) < 4.78 is 0. The molecule has 0 fully saturated rings. The van der Waals surface area contributed by atoms with Crippen LogP contribution in [-0.4, -0.2) is 13.4 Å². The van der Waals surface area contributed by atoms with Crippen LogP contribution in [0.1, 0.15) is 6.92 Å². The molecule has 0 N–H and O–H groups in total. The van der Waals surface area contributed by atoms with Crippen molar-refractivity contribution in [1.29, 1.82) is 0 Å². The Bertz CT molecular complexity index is 64.3. The summed E-state index contributed by atoms with van der Waals surface area (Å²) in [6.07, 6.45) is 0.944. The van der Waals surface area contributed by atoms with Gasteiger partial charge in [0.05, 0.1) is 0 Å². The van der Waals surface area contributed by atoms with Gasteiger partial charge in [0.2, 0.25) is 0 Å². The molecule has 0 atom stereocenters. The number of allylic oxidation sites excluding steroid dienone is 1. The minimum absolute atomic E-state index is 0.944. The summed E-state index contributed by atoms with van der Waals surface area (Å²) in [5.41, 5.74) is 1.17. The molecule has 0 nitrogen and oxygen atoms in total. The first-order chi connectivity index (χ1) is 2.77. The van der Waals surface area contributed by atoms with Crippen molar-refractivity contribution in [2.45, 2.75) is 13.2 Å². The molecule has 0 aliphatic rings. The molecule has 0 heterocycles. The van der Waals surface area contributed by atoms with E-state index in [-0.39, 0.29) is 0 Å². The fourth-order valence-corrected chi connectivity index (χ4v) is 0.246. The van der Waals surface area contributed by atoms with Gasteiger partial charge in [-0.05, 0) is 0 Å². The predicted molar refractivity (Wildman–Crippen MR) is 32.5 cm³/mol. The molecule has 0 bridgehead atoms. The monoisotopic (exact) mass is 80.1 g/mol. The van der Waals surface area contributed by atoms with Gasteiger partial charge < -0.3 is 0 Å². The van der Waals surface area contributed by atoms with E-state index in [0.717, 1.165) is 6.32 Å². The van der Waals surface area contributed by atoms with Gasteiger partial charge in [0.25, 0.3) is 0 Å². The average molecular weight is 79.9 g/mol. The second-order valence-corrected chi connectivity index (χ2v) is 1.45. The van der Waals surface area contributed by atoms with E-state index in [4.69, 9.17) is 0 Å². The third kappa shape index (κ3) is 3.67. The minimum atomic E-state index is 0.944. The van der Waals surface area contributed by atoms with E-state index in [0.29, 0.717) is 0 Å². The van der Waals surface area contributed by atoms with Crippen molar-refractivity contribution < 1.29 is 0 Å². The van der Waals surface area contributed by atoms with Crippen molar-refractivity contribution in [3.05, 3.63) is 12.2 Å². The third-order valence-electron chi connectivity index (χ3n) is 0.493. The van der Waals surface area contributed by atoms with E-state index >= 15 is 0 Å². The molecule has 0 aliphatic heterocycles. The van der Waals surface area contributed by atoms with Gasteiger partial charge in [0, 0.05) is 0 Å². The van der Waals surface area contributed by atoms with Crippen LogP contribution in [0.25, 0.3) is 0 Å².